The third-order valence-corrected chi connectivity index (χ3v) is 7.05. The predicted octanol–water partition coefficient (Wildman–Crippen LogP) is 4.75. The summed E-state index contributed by atoms with van der Waals surface area (Å²) in [6, 6.07) is 7.15. The second-order valence-corrected chi connectivity index (χ2v) is 9.63. The zero-order chi connectivity index (χ0) is 23.9. The Morgan fingerprint density at radius 2 is 1.97 bits per heavy atom. The average molecular weight is 473 g/mol. The third kappa shape index (κ3) is 4.63. The third-order valence-electron chi connectivity index (χ3n) is 7.05. The highest BCUT2D eigenvalue weighted by atomic mass is 19.4. The van der Waals surface area contributed by atoms with Crippen LogP contribution < -0.4 is 5.32 Å². The first-order chi connectivity index (χ1) is 16.3. The molecule has 3 aromatic rings. The molecule has 2 aliphatic heterocycles. The number of unbranched alkanes of at least 4 members (excludes halogenated alkanes) is 1. The second-order valence-electron chi connectivity index (χ2n) is 9.63. The molecule has 0 amide bonds. The van der Waals surface area contributed by atoms with Crippen LogP contribution in [0.2, 0.25) is 0 Å². The summed E-state index contributed by atoms with van der Waals surface area (Å²) >= 11 is 0. The highest BCUT2D eigenvalue weighted by Gasteiger charge is 2.41. The second kappa shape index (κ2) is 9.19. The summed E-state index contributed by atoms with van der Waals surface area (Å²) in [6.07, 6.45) is 2.17. The van der Waals surface area contributed by atoms with Crippen LogP contribution in [0.25, 0.3) is 10.9 Å². The number of nitrogens with zero attached hydrogens (tertiary/aromatic N) is 4. The molecular weight excluding hydrogens is 441 g/mol. The summed E-state index contributed by atoms with van der Waals surface area (Å²) in [5, 5.41) is 11.6. The van der Waals surface area contributed by atoms with Crippen LogP contribution in [0.15, 0.2) is 36.7 Å². The number of likely N-dealkylation sites (tertiary alicyclic amines) is 1. The van der Waals surface area contributed by atoms with Crippen molar-refractivity contribution in [1.82, 2.24) is 25.0 Å². The molecule has 0 unspecified atom stereocenters. The van der Waals surface area contributed by atoms with Crippen LogP contribution in [-0.2, 0) is 6.42 Å². The minimum absolute atomic E-state index is 0.289. The fourth-order valence-corrected chi connectivity index (χ4v) is 5.32. The Labute approximate surface area is 197 Å². The van der Waals surface area contributed by atoms with Crippen molar-refractivity contribution in [2.24, 2.45) is 0 Å². The zero-order valence-corrected chi connectivity index (χ0v) is 19.6. The number of anilines is 1. The van der Waals surface area contributed by atoms with Crippen molar-refractivity contribution in [3.05, 3.63) is 53.5 Å². The van der Waals surface area contributed by atoms with E-state index in [4.69, 9.17) is 0 Å². The van der Waals surface area contributed by atoms with Gasteiger partial charge in [-0.2, -0.15) is 18.3 Å². The van der Waals surface area contributed by atoms with Crippen LogP contribution >= 0.6 is 0 Å². The molecule has 0 bridgehead atoms. The number of halogens is 3. The lowest BCUT2D eigenvalue weighted by molar-refractivity contribution is -0.155. The molecule has 0 saturated carbocycles. The van der Waals surface area contributed by atoms with Gasteiger partial charge in [0.25, 0.3) is 0 Å². The van der Waals surface area contributed by atoms with Crippen molar-refractivity contribution < 1.29 is 13.2 Å². The predicted molar refractivity (Wildman–Crippen MR) is 127 cm³/mol. The van der Waals surface area contributed by atoms with E-state index in [2.05, 4.69) is 32.3 Å². The van der Waals surface area contributed by atoms with E-state index in [0.717, 1.165) is 47.4 Å². The molecule has 1 saturated heterocycles. The van der Waals surface area contributed by atoms with E-state index in [-0.39, 0.29) is 6.04 Å². The first kappa shape index (κ1) is 23.1. The maximum absolute atomic E-state index is 13.6. The van der Waals surface area contributed by atoms with E-state index in [1.165, 1.54) is 17.7 Å². The Bertz CT molecular complexity index is 1120. The topological polar surface area (TPSA) is 60.1 Å². The van der Waals surface area contributed by atoms with E-state index in [1.54, 1.807) is 12.4 Å². The van der Waals surface area contributed by atoms with E-state index in [9.17, 15) is 13.2 Å². The number of H-pyrrole nitrogens is 1. The van der Waals surface area contributed by atoms with Gasteiger partial charge in [-0.1, -0.05) is 19.4 Å². The SMILES string of the molecule is CCCCN1CC(Nc2ccc([C@@H]3c4ccc5[nH]ncc5c4C[C@H](C)N3CC(F)(F)F)nc2)C1. The molecule has 2 aromatic heterocycles. The largest absolute Gasteiger partial charge is 0.401 e. The van der Waals surface area contributed by atoms with Gasteiger partial charge in [-0.15, -0.1) is 0 Å². The highest BCUT2D eigenvalue weighted by Crippen LogP contribution is 2.41. The van der Waals surface area contributed by atoms with Crippen LogP contribution in [0.1, 0.15) is 49.6 Å². The van der Waals surface area contributed by atoms with Crippen molar-refractivity contribution in [2.45, 2.75) is 57.4 Å². The smallest absolute Gasteiger partial charge is 0.378 e. The van der Waals surface area contributed by atoms with E-state index in [1.807, 2.05) is 31.2 Å². The summed E-state index contributed by atoms with van der Waals surface area (Å²) < 4.78 is 40.7. The number of fused-ring (bicyclic) bond motifs is 3. The maximum Gasteiger partial charge on any atom is 0.401 e. The molecule has 9 heteroatoms. The molecule has 1 aromatic carbocycles. The number of rotatable bonds is 7. The average Bonchev–Trinajstić information content (AvgIpc) is 3.25. The van der Waals surface area contributed by atoms with Gasteiger partial charge in [0, 0.05) is 24.5 Å². The Morgan fingerprint density at radius 1 is 1.15 bits per heavy atom. The molecule has 0 radical (unpaired) electrons. The number of alkyl halides is 3. The Hall–Kier alpha value is -2.65. The molecule has 34 heavy (non-hydrogen) atoms. The quantitative estimate of drug-likeness (QED) is 0.520. The Morgan fingerprint density at radius 3 is 2.68 bits per heavy atom. The fourth-order valence-electron chi connectivity index (χ4n) is 5.32. The van der Waals surface area contributed by atoms with Gasteiger partial charge in [0.2, 0.25) is 0 Å². The molecule has 5 rings (SSSR count). The van der Waals surface area contributed by atoms with Crippen molar-refractivity contribution in [1.29, 1.82) is 0 Å². The van der Waals surface area contributed by atoms with Gasteiger partial charge < -0.3 is 5.32 Å². The number of nitrogens with one attached hydrogen (secondary N) is 2. The molecule has 0 spiro atoms. The van der Waals surface area contributed by atoms with Crippen molar-refractivity contribution in [3.8, 4) is 0 Å². The maximum atomic E-state index is 13.6. The molecule has 2 N–H and O–H groups in total. The van der Waals surface area contributed by atoms with Gasteiger partial charge in [0.15, 0.2) is 0 Å². The van der Waals surface area contributed by atoms with E-state index in [0.29, 0.717) is 18.2 Å². The molecule has 6 nitrogen and oxygen atoms in total. The molecule has 1 fully saturated rings. The molecule has 2 atom stereocenters. The standard InChI is InChI=1S/C25H31F3N6/c1-3-4-9-33-13-18(14-33)31-17-5-7-23(29-11-17)24-19-6-8-22-21(12-30-32-22)20(19)10-16(2)34(24)15-25(26,27)28/h5-8,11-12,16,18,24,31H,3-4,9-10,13-15H2,1-2H3,(H,30,32)/t16-,24-/m0/s1. The molecule has 182 valence electrons. The van der Waals surface area contributed by atoms with Gasteiger partial charge in [-0.05, 0) is 55.6 Å². The summed E-state index contributed by atoms with van der Waals surface area (Å²) in [5.41, 5.74) is 4.35. The summed E-state index contributed by atoms with van der Waals surface area (Å²) in [5.74, 6) is 0. The monoisotopic (exact) mass is 472 g/mol. The number of pyridine rings is 1. The van der Waals surface area contributed by atoms with E-state index < -0.39 is 18.8 Å². The minimum Gasteiger partial charge on any atom is -0.378 e. The number of benzene rings is 1. The van der Waals surface area contributed by atoms with Crippen molar-refractivity contribution >= 4 is 16.6 Å². The summed E-state index contributed by atoms with van der Waals surface area (Å²) in [6.45, 7) is 6.23. The van der Waals surface area contributed by atoms with Crippen LogP contribution in [0, 0.1) is 0 Å². The molecular formula is C25H31F3N6. The summed E-state index contributed by atoms with van der Waals surface area (Å²) in [7, 11) is 0. The van der Waals surface area contributed by atoms with Crippen molar-refractivity contribution in [2.75, 3.05) is 31.5 Å². The van der Waals surface area contributed by atoms with Gasteiger partial charge in [0.05, 0.1) is 47.9 Å². The molecule has 4 heterocycles. The summed E-state index contributed by atoms with van der Waals surface area (Å²) in [4.78, 5) is 8.61. The normalized spacial score (nSPS) is 22.0. The van der Waals surface area contributed by atoms with Gasteiger partial charge in [0.1, 0.15) is 0 Å². The Kier molecular flexibility index (Phi) is 6.24. The number of hydrogen-bond acceptors (Lipinski definition) is 5. The van der Waals surface area contributed by atoms with Crippen LogP contribution in [0.3, 0.4) is 0 Å². The van der Waals surface area contributed by atoms with Crippen LogP contribution in [0.4, 0.5) is 18.9 Å². The first-order valence-corrected chi connectivity index (χ1v) is 12.0. The molecule has 2 aliphatic rings. The van der Waals surface area contributed by atoms with Gasteiger partial charge in [-0.3, -0.25) is 19.9 Å². The minimum atomic E-state index is -4.29. The van der Waals surface area contributed by atoms with Crippen molar-refractivity contribution in [3.63, 3.8) is 0 Å². The first-order valence-electron chi connectivity index (χ1n) is 12.0. The van der Waals surface area contributed by atoms with Crippen LogP contribution in [0.5, 0.6) is 0 Å². The van der Waals surface area contributed by atoms with Crippen LogP contribution in [-0.4, -0.2) is 69.4 Å². The highest BCUT2D eigenvalue weighted by molar-refractivity contribution is 5.83. The lowest BCUT2D eigenvalue weighted by Gasteiger charge is -2.42. The van der Waals surface area contributed by atoms with Gasteiger partial charge in [-0.25, -0.2) is 0 Å². The fraction of sp³-hybridized carbons (Fsp3) is 0.520. The lowest BCUT2D eigenvalue weighted by Crippen LogP contribution is -2.54. The Balaban J connectivity index is 1.40. The number of aromatic nitrogens is 3. The molecule has 0 aliphatic carbocycles. The number of hydrogen-bond donors (Lipinski definition) is 2. The number of aromatic amines is 1. The van der Waals surface area contributed by atoms with Gasteiger partial charge >= 0.3 is 6.18 Å². The zero-order valence-electron chi connectivity index (χ0n) is 19.6. The van der Waals surface area contributed by atoms with E-state index >= 15 is 0 Å². The lowest BCUT2D eigenvalue weighted by atomic mass is 9.85.